The van der Waals surface area contributed by atoms with Gasteiger partial charge >= 0.3 is 5.97 Å². The van der Waals surface area contributed by atoms with E-state index in [4.69, 9.17) is 9.47 Å². The molecule has 3 rings (SSSR count). The van der Waals surface area contributed by atoms with Gasteiger partial charge in [0, 0.05) is 13.1 Å². The van der Waals surface area contributed by atoms with E-state index >= 15 is 0 Å². The second kappa shape index (κ2) is 7.23. The van der Waals surface area contributed by atoms with Gasteiger partial charge in [0.1, 0.15) is 10.7 Å². The van der Waals surface area contributed by atoms with Crippen molar-refractivity contribution in [3.63, 3.8) is 0 Å². The summed E-state index contributed by atoms with van der Waals surface area (Å²) in [5.41, 5.74) is 0.511. The van der Waals surface area contributed by atoms with E-state index in [9.17, 15) is 9.59 Å². The topological polar surface area (TPSA) is 81.6 Å². The molecule has 3 heterocycles. The summed E-state index contributed by atoms with van der Waals surface area (Å²) in [6.07, 6.45) is 0.807. The Morgan fingerprint density at radius 2 is 2.00 bits per heavy atom. The van der Waals surface area contributed by atoms with E-state index < -0.39 is 11.4 Å². The number of hydrogen-bond donors (Lipinski definition) is 0. The van der Waals surface area contributed by atoms with Crippen molar-refractivity contribution in [3.8, 4) is 0 Å². The van der Waals surface area contributed by atoms with Crippen LogP contribution in [0.15, 0.2) is 4.60 Å². The molecule has 0 N–H and O–H groups in total. The summed E-state index contributed by atoms with van der Waals surface area (Å²) in [6, 6.07) is 0. The van der Waals surface area contributed by atoms with E-state index in [1.807, 2.05) is 18.7 Å². The lowest BCUT2D eigenvalue weighted by atomic mass is 9.76. The highest BCUT2D eigenvalue weighted by molar-refractivity contribution is 9.10. The quantitative estimate of drug-likeness (QED) is 0.688. The van der Waals surface area contributed by atoms with Crippen LogP contribution in [0.3, 0.4) is 0 Å². The molecule has 2 fully saturated rings. The van der Waals surface area contributed by atoms with Crippen LogP contribution < -0.4 is 4.90 Å². The van der Waals surface area contributed by atoms with Gasteiger partial charge in [-0.2, -0.15) is 0 Å². The largest absolute Gasteiger partial charge is 0.458 e. The summed E-state index contributed by atoms with van der Waals surface area (Å²) >= 11 is 3.34. The first-order chi connectivity index (χ1) is 12.2. The third-order valence-electron chi connectivity index (χ3n) is 5.05. The fraction of sp³-hybridized carbons (Fsp3) is 0.667. The average Bonchev–Trinajstić information content (AvgIpc) is 2.86. The SMILES string of the molecule is Cc1nc(N2CCC3(CC2)CO[C@@H](C)C3=O)c(C(=O)OC(C)C)nc1Br. The third kappa shape index (κ3) is 3.49. The third-order valence-corrected chi connectivity index (χ3v) is 5.80. The van der Waals surface area contributed by atoms with Crippen LogP contribution in [0.4, 0.5) is 5.82 Å². The van der Waals surface area contributed by atoms with Crippen molar-refractivity contribution >= 4 is 33.5 Å². The molecule has 0 aliphatic carbocycles. The molecule has 0 aromatic carbocycles. The molecule has 142 valence electrons. The van der Waals surface area contributed by atoms with Crippen molar-refractivity contribution in [1.82, 2.24) is 9.97 Å². The number of carbonyl (C=O) groups is 2. The number of hydrogen-bond acceptors (Lipinski definition) is 7. The van der Waals surface area contributed by atoms with Crippen LogP contribution in [0.5, 0.6) is 0 Å². The predicted molar refractivity (Wildman–Crippen MR) is 99.3 cm³/mol. The lowest BCUT2D eigenvalue weighted by molar-refractivity contribution is -0.128. The van der Waals surface area contributed by atoms with Crippen LogP contribution in [-0.2, 0) is 14.3 Å². The molecule has 26 heavy (non-hydrogen) atoms. The zero-order valence-electron chi connectivity index (χ0n) is 15.5. The van der Waals surface area contributed by atoms with Crippen molar-refractivity contribution in [2.24, 2.45) is 5.41 Å². The van der Waals surface area contributed by atoms with Crippen LogP contribution in [0.1, 0.15) is 49.8 Å². The monoisotopic (exact) mass is 425 g/mol. The number of halogens is 1. The normalized spacial score (nSPS) is 22.3. The molecule has 1 aromatic rings. The van der Waals surface area contributed by atoms with Crippen molar-refractivity contribution in [2.45, 2.75) is 52.7 Å². The second-order valence-electron chi connectivity index (χ2n) is 7.31. The predicted octanol–water partition coefficient (Wildman–Crippen LogP) is 2.69. The van der Waals surface area contributed by atoms with Crippen LogP contribution in [0, 0.1) is 12.3 Å². The Morgan fingerprint density at radius 3 is 2.54 bits per heavy atom. The van der Waals surface area contributed by atoms with Crippen molar-refractivity contribution < 1.29 is 19.1 Å². The van der Waals surface area contributed by atoms with Crippen molar-refractivity contribution in [2.75, 3.05) is 24.6 Å². The van der Waals surface area contributed by atoms with E-state index in [1.165, 1.54) is 0 Å². The van der Waals surface area contributed by atoms with Gasteiger partial charge in [-0.25, -0.2) is 14.8 Å². The van der Waals surface area contributed by atoms with E-state index in [1.54, 1.807) is 13.8 Å². The Kier molecular flexibility index (Phi) is 5.35. The molecule has 1 aromatic heterocycles. The number of rotatable bonds is 3. The maximum atomic E-state index is 12.5. The molecule has 1 atom stereocenters. The van der Waals surface area contributed by atoms with E-state index in [0.29, 0.717) is 48.7 Å². The maximum Gasteiger partial charge on any atom is 0.361 e. The van der Waals surface area contributed by atoms with Gasteiger partial charge in [-0.1, -0.05) is 0 Å². The highest BCUT2D eigenvalue weighted by Crippen LogP contribution is 2.40. The first kappa shape index (κ1) is 19.2. The molecular formula is C18H24BrN3O4. The van der Waals surface area contributed by atoms with Crippen LogP contribution in [0.25, 0.3) is 0 Å². The molecule has 0 radical (unpaired) electrons. The van der Waals surface area contributed by atoms with Gasteiger partial charge in [-0.15, -0.1) is 0 Å². The Bertz CT molecular complexity index is 729. The zero-order chi connectivity index (χ0) is 19.1. The molecule has 7 nitrogen and oxygen atoms in total. The minimum absolute atomic E-state index is 0.190. The fourth-order valence-electron chi connectivity index (χ4n) is 3.51. The van der Waals surface area contributed by atoms with Crippen LogP contribution >= 0.6 is 15.9 Å². The summed E-state index contributed by atoms with van der Waals surface area (Å²) in [4.78, 5) is 35.9. The standard InChI is InChI=1S/C18H24BrN3O4/c1-10(2)26-17(24)13-16(20-11(3)15(19)21-13)22-7-5-18(6-8-22)9-25-12(4)14(18)23/h10,12H,5-9H2,1-4H3/t12-/m0/s1. The van der Waals surface area contributed by atoms with Crippen LogP contribution in [0.2, 0.25) is 0 Å². The molecule has 0 bridgehead atoms. The smallest absolute Gasteiger partial charge is 0.361 e. The molecule has 2 aliphatic heterocycles. The number of nitrogens with zero attached hydrogens (tertiary/aromatic N) is 3. The Morgan fingerprint density at radius 1 is 1.35 bits per heavy atom. The van der Waals surface area contributed by atoms with Gasteiger partial charge in [0.05, 0.1) is 23.8 Å². The van der Waals surface area contributed by atoms with Gasteiger partial charge in [-0.3, -0.25) is 4.79 Å². The molecule has 1 spiro atoms. The molecular weight excluding hydrogens is 402 g/mol. The number of piperidine rings is 1. The summed E-state index contributed by atoms with van der Waals surface area (Å²) in [6.45, 7) is 8.97. The lowest BCUT2D eigenvalue weighted by Gasteiger charge is -2.38. The van der Waals surface area contributed by atoms with Crippen molar-refractivity contribution in [3.05, 3.63) is 16.0 Å². The van der Waals surface area contributed by atoms with Gasteiger partial charge in [0.15, 0.2) is 17.3 Å². The molecule has 0 unspecified atom stereocenters. The molecule has 2 aliphatic rings. The zero-order valence-corrected chi connectivity index (χ0v) is 17.1. The number of aryl methyl sites for hydroxylation is 1. The van der Waals surface area contributed by atoms with Crippen LogP contribution in [-0.4, -0.2) is 53.6 Å². The Labute approximate surface area is 161 Å². The summed E-state index contributed by atoms with van der Waals surface area (Å²) < 4.78 is 11.4. The Hall–Kier alpha value is -1.54. The van der Waals surface area contributed by atoms with Gasteiger partial charge in [-0.05, 0) is 56.5 Å². The van der Waals surface area contributed by atoms with E-state index in [0.717, 1.165) is 0 Å². The lowest BCUT2D eigenvalue weighted by Crippen LogP contribution is -2.45. The number of anilines is 1. The van der Waals surface area contributed by atoms with Gasteiger partial charge in [0.25, 0.3) is 0 Å². The molecule has 0 amide bonds. The van der Waals surface area contributed by atoms with E-state index in [-0.39, 0.29) is 23.7 Å². The fourth-order valence-corrected chi connectivity index (χ4v) is 3.78. The summed E-state index contributed by atoms with van der Waals surface area (Å²) in [5, 5.41) is 0. The van der Waals surface area contributed by atoms with Crippen molar-refractivity contribution in [1.29, 1.82) is 0 Å². The van der Waals surface area contributed by atoms with E-state index in [2.05, 4.69) is 25.9 Å². The summed E-state index contributed by atoms with van der Waals surface area (Å²) in [5.74, 6) is 0.220. The second-order valence-corrected chi connectivity index (χ2v) is 8.06. The minimum atomic E-state index is -0.489. The average molecular weight is 426 g/mol. The highest BCUT2D eigenvalue weighted by atomic mass is 79.9. The highest BCUT2D eigenvalue weighted by Gasteiger charge is 2.49. The van der Waals surface area contributed by atoms with Gasteiger partial charge < -0.3 is 14.4 Å². The van der Waals surface area contributed by atoms with Gasteiger partial charge in [0.2, 0.25) is 0 Å². The number of esters is 1. The molecule has 0 saturated carbocycles. The maximum absolute atomic E-state index is 12.5. The first-order valence-corrected chi connectivity index (χ1v) is 9.69. The number of ketones is 1. The molecule has 8 heteroatoms. The number of ether oxygens (including phenoxy) is 2. The Balaban J connectivity index is 1.85. The number of aromatic nitrogens is 2. The minimum Gasteiger partial charge on any atom is -0.458 e. The molecule has 2 saturated heterocycles. The number of carbonyl (C=O) groups excluding carboxylic acids is 2. The first-order valence-electron chi connectivity index (χ1n) is 8.89. The number of Topliss-reactive ketones (excluding diaryl/α,β-unsaturated/α-hetero) is 1. The summed E-state index contributed by atoms with van der Waals surface area (Å²) in [7, 11) is 0.